The van der Waals surface area contributed by atoms with Gasteiger partial charge in [-0.1, -0.05) is 6.07 Å². The lowest BCUT2D eigenvalue weighted by molar-refractivity contribution is 0.316. The number of hydrogen-bond acceptors (Lipinski definition) is 2. The van der Waals surface area contributed by atoms with Gasteiger partial charge in [-0.3, -0.25) is 0 Å². The number of aryl methyl sites for hydroxylation is 1. The number of nitriles is 1. The van der Waals surface area contributed by atoms with Crippen LogP contribution in [0.25, 0.3) is 0 Å². The van der Waals surface area contributed by atoms with E-state index in [1.165, 1.54) is 0 Å². The van der Waals surface area contributed by atoms with Crippen molar-refractivity contribution < 1.29 is 4.74 Å². The highest BCUT2D eigenvalue weighted by Gasteiger charge is 2.00. The lowest BCUT2D eigenvalue weighted by Gasteiger charge is -2.07. The lowest BCUT2D eigenvalue weighted by atomic mass is 10.1. The van der Waals surface area contributed by atoms with Crippen molar-refractivity contribution in [3.63, 3.8) is 0 Å². The van der Waals surface area contributed by atoms with E-state index >= 15 is 0 Å². The highest BCUT2D eigenvalue weighted by molar-refractivity contribution is 6.17. The zero-order valence-electron chi connectivity index (χ0n) is 8.09. The molecule has 0 radical (unpaired) electrons. The van der Waals surface area contributed by atoms with Crippen molar-refractivity contribution in [1.29, 1.82) is 5.26 Å². The van der Waals surface area contributed by atoms with Crippen LogP contribution in [-0.4, -0.2) is 12.5 Å². The van der Waals surface area contributed by atoms with Crippen LogP contribution >= 0.6 is 11.6 Å². The minimum atomic E-state index is 0.594. The zero-order chi connectivity index (χ0) is 10.4. The predicted molar refractivity (Wildman–Crippen MR) is 56.7 cm³/mol. The van der Waals surface area contributed by atoms with Gasteiger partial charge in [-0.2, -0.15) is 5.26 Å². The summed E-state index contributed by atoms with van der Waals surface area (Å²) in [5.41, 5.74) is 1.66. The van der Waals surface area contributed by atoms with E-state index in [2.05, 4.69) is 6.07 Å². The molecule has 0 saturated carbocycles. The van der Waals surface area contributed by atoms with Gasteiger partial charge in [0.1, 0.15) is 5.75 Å². The summed E-state index contributed by atoms with van der Waals surface area (Å²) < 4.78 is 5.48. The summed E-state index contributed by atoms with van der Waals surface area (Å²) in [5.74, 6) is 1.37. The Balaban J connectivity index is 2.70. The molecule has 1 rings (SSSR count). The van der Waals surface area contributed by atoms with Crippen molar-refractivity contribution in [1.82, 2.24) is 0 Å². The molecular weight excluding hydrogens is 198 g/mol. The Morgan fingerprint density at radius 1 is 1.50 bits per heavy atom. The van der Waals surface area contributed by atoms with Crippen molar-refractivity contribution >= 4 is 11.6 Å². The summed E-state index contributed by atoms with van der Waals surface area (Å²) >= 11 is 5.53. The third-order valence-corrected chi connectivity index (χ3v) is 2.12. The number of rotatable bonds is 4. The first kappa shape index (κ1) is 10.9. The molecule has 14 heavy (non-hydrogen) atoms. The standard InChI is InChI=1S/C11H12ClNO/c1-9-3-4-10(8-13)7-11(9)14-6-2-5-12/h3-4,7H,2,5-6H2,1H3. The van der Waals surface area contributed by atoms with E-state index in [-0.39, 0.29) is 0 Å². The minimum Gasteiger partial charge on any atom is -0.493 e. The molecule has 0 atom stereocenters. The molecule has 0 amide bonds. The Labute approximate surface area is 89.1 Å². The smallest absolute Gasteiger partial charge is 0.123 e. The van der Waals surface area contributed by atoms with Crippen LogP contribution in [0.2, 0.25) is 0 Å². The van der Waals surface area contributed by atoms with Crippen molar-refractivity contribution in [2.45, 2.75) is 13.3 Å². The third kappa shape index (κ3) is 2.93. The van der Waals surface area contributed by atoms with E-state index in [0.717, 1.165) is 17.7 Å². The first-order valence-electron chi connectivity index (χ1n) is 4.47. The topological polar surface area (TPSA) is 33.0 Å². The molecule has 0 N–H and O–H groups in total. The van der Waals surface area contributed by atoms with Gasteiger partial charge >= 0.3 is 0 Å². The summed E-state index contributed by atoms with van der Waals surface area (Å²) in [4.78, 5) is 0. The molecule has 0 aliphatic carbocycles. The Hall–Kier alpha value is -1.20. The van der Waals surface area contributed by atoms with Crippen LogP contribution < -0.4 is 4.74 Å². The fourth-order valence-corrected chi connectivity index (χ4v) is 1.17. The number of alkyl halides is 1. The number of hydrogen-bond donors (Lipinski definition) is 0. The molecule has 0 unspecified atom stereocenters. The maximum atomic E-state index is 8.70. The molecule has 3 heteroatoms. The summed E-state index contributed by atoms with van der Waals surface area (Å²) in [6.07, 6.45) is 0.817. The second-order valence-electron chi connectivity index (χ2n) is 2.98. The van der Waals surface area contributed by atoms with Crippen molar-refractivity contribution in [3.05, 3.63) is 29.3 Å². The Bertz CT molecular complexity index is 344. The van der Waals surface area contributed by atoms with E-state index in [4.69, 9.17) is 21.6 Å². The SMILES string of the molecule is Cc1ccc(C#N)cc1OCCCCl. The van der Waals surface area contributed by atoms with Crippen molar-refractivity contribution in [2.24, 2.45) is 0 Å². The summed E-state index contributed by atoms with van der Waals surface area (Å²) in [5, 5.41) is 8.70. The molecule has 0 aliphatic rings. The van der Waals surface area contributed by atoms with Crippen LogP contribution in [-0.2, 0) is 0 Å². The van der Waals surface area contributed by atoms with Gasteiger partial charge in [0.15, 0.2) is 0 Å². The molecule has 1 aromatic carbocycles. The fourth-order valence-electron chi connectivity index (χ4n) is 1.06. The van der Waals surface area contributed by atoms with Gasteiger partial charge in [0.05, 0.1) is 18.2 Å². The Morgan fingerprint density at radius 3 is 2.93 bits per heavy atom. The van der Waals surface area contributed by atoms with E-state index < -0.39 is 0 Å². The molecule has 0 aliphatic heterocycles. The summed E-state index contributed by atoms with van der Waals surface area (Å²) in [6.45, 7) is 2.55. The van der Waals surface area contributed by atoms with E-state index in [9.17, 15) is 0 Å². The number of ether oxygens (including phenoxy) is 1. The fraction of sp³-hybridized carbons (Fsp3) is 0.364. The van der Waals surface area contributed by atoms with Crippen LogP contribution in [0.5, 0.6) is 5.75 Å². The molecule has 2 nitrogen and oxygen atoms in total. The molecule has 0 aromatic heterocycles. The molecule has 0 fully saturated rings. The van der Waals surface area contributed by atoms with Gasteiger partial charge in [0.25, 0.3) is 0 Å². The van der Waals surface area contributed by atoms with Crippen molar-refractivity contribution in [2.75, 3.05) is 12.5 Å². The van der Waals surface area contributed by atoms with Gasteiger partial charge in [-0.15, -0.1) is 11.6 Å². The van der Waals surface area contributed by atoms with Gasteiger partial charge in [0.2, 0.25) is 0 Å². The summed E-state index contributed by atoms with van der Waals surface area (Å²) in [6, 6.07) is 7.50. The van der Waals surface area contributed by atoms with Crippen LogP contribution in [0.3, 0.4) is 0 Å². The summed E-state index contributed by atoms with van der Waals surface area (Å²) in [7, 11) is 0. The number of halogens is 1. The van der Waals surface area contributed by atoms with Crippen LogP contribution in [0, 0.1) is 18.3 Å². The van der Waals surface area contributed by atoms with Crippen molar-refractivity contribution in [3.8, 4) is 11.8 Å². The molecule has 0 bridgehead atoms. The van der Waals surface area contributed by atoms with E-state index in [1.54, 1.807) is 12.1 Å². The maximum Gasteiger partial charge on any atom is 0.123 e. The largest absolute Gasteiger partial charge is 0.493 e. The van der Waals surface area contributed by atoms with Gasteiger partial charge in [-0.05, 0) is 31.0 Å². The van der Waals surface area contributed by atoms with Gasteiger partial charge in [-0.25, -0.2) is 0 Å². The number of benzene rings is 1. The highest BCUT2D eigenvalue weighted by atomic mass is 35.5. The Kier molecular flexibility index (Phi) is 4.28. The van der Waals surface area contributed by atoms with Crippen LogP contribution in [0.4, 0.5) is 0 Å². The average molecular weight is 210 g/mol. The monoisotopic (exact) mass is 209 g/mol. The molecule has 74 valence electrons. The number of nitrogens with zero attached hydrogens (tertiary/aromatic N) is 1. The quantitative estimate of drug-likeness (QED) is 0.564. The van der Waals surface area contributed by atoms with Gasteiger partial charge in [0, 0.05) is 5.88 Å². The first-order valence-corrected chi connectivity index (χ1v) is 5.01. The first-order chi connectivity index (χ1) is 6.77. The predicted octanol–water partition coefficient (Wildman–Crippen LogP) is 2.87. The molecule has 0 saturated heterocycles. The van der Waals surface area contributed by atoms with Crippen LogP contribution in [0.1, 0.15) is 17.5 Å². The van der Waals surface area contributed by atoms with E-state index in [0.29, 0.717) is 18.1 Å². The second-order valence-corrected chi connectivity index (χ2v) is 3.36. The molecular formula is C11H12ClNO. The average Bonchev–Trinajstić information content (AvgIpc) is 2.21. The Morgan fingerprint density at radius 2 is 2.29 bits per heavy atom. The van der Waals surface area contributed by atoms with Gasteiger partial charge < -0.3 is 4.74 Å². The van der Waals surface area contributed by atoms with E-state index in [1.807, 2.05) is 13.0 Å². The lowest BCUT2D eigenvalue weighted by Crippen LogP contribution is -1.99. The third-order valence-electron chi connectivity index (χ3n) is 1.85. The molecule has 0 heterocycles. The highest BCUT2D eigenvalue weighted by Crippen LogP contribution is 2.19. The minimum absolute atomic E-state index is 0.594. The normalized spacial score (nSPS) is 9.50. The molecule has 1 aromatic rings. The van der Waals surface area contributed by atoms with Crippen LogP contribution in [0.15, 0.2) is 18.2 Å². The second kappa shape index (κ2) is 5.51. The zero-order valence-corrected chi connectivity index (χ0v) is 8.84. The maximum absolute atomic E-state index is 8.70. The molecule has 0 spiro atoms.